The van der Waals surface area contributed by atoms with Gasteiger partial charge in [0, 0.05) is 11.9 Å². The van der Waals surface area contributed by atoms with E-state index in [9.17, 15) is 4.79 Å². The lowest BCUT2D eigenvalue weighted by Crippen LogP contribution is -2.23. The number of rotatable bonds is 3. The minimum Gasteiger partial charge on any atom is -0.345 e. The van der Waals surface area contributed by atoms with Crippen molar-refractivity contribution in [2.24, 2.45) is 0 Å². The lowest BCUT2D eigenvalue weighted by molar-refractivity contribution is 0.0950. The number of hydrogen-bond donors (Lipinski definition) is 1. The van der Waals surface area contributed by atoms with E-state index in [0.717, 1.165) is 0 Å². The van der Waals surface area contributed by atoms with Crippen LogP contribution in [0.5, 0.6) is 0 Å². The number of halogens is 2. The zero-order valence-electron chi connectivity index (χ0n) is 9.41. The summed E-state index contributed by atoms with van der Waals surface area (Å²) in [5, 5.41) is 7.07. The van der Waals surface area contributed by atoms with Crippen LogP contribution < -0.4 is 5.32 Å². The summed E-state index contributed by atoms with van der Waals surface area (Å²) in [5.74, 6) is 0.536. The fourth-order valence-corrected chi connectivity index (χ4v) is 1.84. The molecule has 2 rings (SSSR count). The summed E-state index contributed by atoms with van der Waals surface area (Å²) in [6, 6.07) is 4.67. The van der Waals surface area contributed by atoms with Crippen LogP contribution in [0.25, 0.3) is 0 Å². The molecule has 0 radical (unpaired) electrons. The maximum Gasteiger partial charge on any atom is 0.253 e. The van der Waals surface area contributed by atoms with Gasteiger partial charge in [-0.1, -0.05) is 28.4 Å². The normalized spacial score (nSPS) is 10.4. The van der Waals surface area contributed by atoms with Crippen molar-refractivity contribution in [3.63, 3.8) is 0 Å². The SMILES string of the molecule is Cc1nc(CNC(=O)c2ccc(Cl)cc2Cl)no1. The Hall–Kier alpha value is -1.59. The van der Waals surface area contributed by atoms with Crippen LogP contribution in [-0.4, -0.2) is 16.0 Å². The average molecular weight is 286 g/mol. The predicted octanol–water partition coefficient (Wildman–Crippen LogP) is 2.61. The van der Waals surface area contributed by atoms with Crippen LogP contribution in [0.1, 0.15) is 22.1 Å². The van der Waals surface area contributed by atoms with Gasteiger partial charge in [0.05, 0.1) is 17.1 Å². The zero-order valence-corrected chi connectivity index (χ0v) is 10.9. The van der Waals surface area contributed by atoms with E-state index in [2.05, 4.69) is 15.5 Å². The molecule has 0 aliphatic rings. The second kappa shape index (κ2) is 5.37. The molecule has 0 spiro atoms. The van der Waals surface area contributed by atoms with Crippen molar-refractivity contribution in [2.75, 3.05) is 0 Å². The lowest BCUT2D eigenvalue weighted by atomic mass is 10.2. The molecule has 0 atom stereocenters. The number of carbonyl (C=O) groups is 1. The summed E-state index contributed by atoms with van der Waals surface area (Å²) in [4.78, 5) is 15.8. The molecule has 0 unspecified atom stereocenters. The van der Waals surface area contributed by atoms with E-state index in [4.69, 9.17) is 27.7 Å². The molecule has 0 aliphatic carbocycles. The van der Waals surface area contributed by atoms with Gasteiger partial charge in [-0.15, -0.1) is 0 Å². The van der Waals surface area contributed by atoms with Gasteiger partial charge in [0.1, 0.15) is 0 Å². The van der Waals surface area contributed by atoms with Crippen LogP contribution in [0.15, 0.2) is 22.7 Å². The number of carbonyl (C=O) groups excluding carboxylic acids is 1. The van der Waals surface area contributed by atoms with Crippen LogP contribution in [0.4, 0.5) is 0 Å². The summed E-state index contributed by atoms with van der Waals surface area (Å²) in [6.07, 6.45) is 0. The highest BCUT2D eigenvalue weighted by Gasteiger charge is 2.11. The molecule has 18 heavy (non-hydrogen) atoms. The molecule has 0 aliphatic heterocycles. The first kappa shape index (κ1) is 12.9. The van der Waals surface area contributed by atoms with Crippen LogP contribution in [-0.2, 0) is 6.54 Å². The smallest absolute Gasteiger partial charge is 0.253 e. The van der Waals surface area contributed by atoms with Gasteiger partial charge < -0.3 is 9.84 Å². The van der Waals surface area contributed by atoms with E-state index < -0.39 is 0 Å². The number of hydrogen-bond acceptors (Lipinski definition) is 4. The van der Waals surface area contributed by atoms with Crippen LogP contribution in [0.3, 0.4) is 0 Å². The van der Waals surface area contributed by atoms with Gasteiger partial charge in [-0.3, -0.25) is 4.79 Å². The van der Waals surface area contributed by atoms with Crippen molar-refractivity contribution in [2.45, 2.75) is 13.5 Å². The third-order valence-corrected chi connectivity index (χ3v) is 2.70. The monoisotopic (exact) mass is 285 g/mol. The number of nitrogens with zero attached hydrogens (tertiary/aromatic N) is 2. The van der Waals surface area contributed by atoms with E-state index in [1.54, 1.807) is 19.1 Å². The Labute approximate surface area is 113 Å². The highest BCUT2D eigenvalue weighted by atomic mass is 35.5. The highest BCUT2D eigenvalue weighted by Crippen LogP contribution is 2.20. The molecule has 7 heteroatoms. The first-order valence-corrected chi connectivity index (χ1v) is 5.84. The number of amides is 1. The lowest BCUT2D eigenvalue weighted by Gasteiger charge is -2.04. The molecule has 94 valence electrons. The first-order valence-electron chi connectivity index (χ1n) is 5.08. The summed E-state index contributed by atoms with van der Waals surface area (Å²) in [5.41, 5.74) is 0.348. The van der Waals surface area contributed by atoms with Crippen molar-refractivity contribution in [1.29, 1.82) is 0 Å². The summed E-state index contributed by atoms with van der Waals surface area (Å²) >= 11 is 11.7. The van der Waals surface area contributed by atoms with Gasteiger partial charge in [0.25, 0.3) is 5.91 Å². The minimum absolute atomic E-state index is 0.176. The van der Waals surface area contributed by atoms with Gasteiger partial charge in [-0.2, -0.15) is 4.98 Å². The molecular weight excluding hydrogens is 277 g/mol. The summed E-state index contributed by atoms with van der Waals surface area (Å²) < 4.78 is 4.79. The molecule has 0 saturated carbocycles. The topological polar surface area (TPSA) is 68.0 Å². The second-order valence-electron chi connectivity index (χ2n) is 3.54. The largest absolute Gasteiger partial charge is 0.345 e. The number of aryl methyl sites for hydroxylation is 1. The van der Waals surface area contributed by atoms with Crippen molar-refractivity contribution in [1.82, 2.24) is 15.5 Å². The Kier molecular flexibility index (Phi) is 3.84. The van der Waals surface area contributed by atoms with E-state index in [1.165, 1.54) is 6.07 Å². The summed E-state index contributed by atoms with van der Waals surface area (Å²) in [6.45, 7) is 1.85. The Morgan fingerprint density at radius 1 is 1.44 bits per heavy atom. The van der Waals surface area contributed by atoms with Crippen LogP contribution >= 0.6 is 23.2 Å². The molecule has 0 bridgehead atoms. The standard InChI is InChI=1S/C11H9Cl2N3O2/c1-6-15-10(16-18-6)5-14-11(17)8-3-2-7(12)4-9(8)13/h2-4H,5H2,1H3,(H,14,17). The Balaban J connectivity index is 2.03. The van der Waals surface area contributed by atoms with Crippen molar-refractivity contribution in [3.8, 4) is 0 Å². The third kappa shape index (κ3) is 3.00. The molecule has 2 aromatic rings. The fraction of sp³-hybridized carbons (Fsp3) is 0.182. The second-order valence-corrected chi connectivity index (χ2v) is 4.38. The third-order valence-electron chi connectivity index (χ3n) is 2.15. The Morgan fingerprint density at radius 2 is 2.22 bits per heavy atom. The van der Waals surface area contributed by atoms with Gasteiger partial charge in [-0.05, 0) is 18.2 Å². The summed E-state index contributed by atoms with van der Waals surface area (Å²) in [7, 11) is 0. The zero-order chi connectivity index (χ0) is 13.1. The molecule has 1 amide bonds. The average Bonchev–Trinajstić information content (AvgIpc) is 2.72. The van der Waals surface area contributed by atoms with E-state index in [1.807, 2.05) is 0 Å². The molecule has 5 nitrogen and oxygen atoms in total. The highest BCUT2D eigenvalue weighted by molar-refractivity contribution is 6.36. The van der Waals surface area contributed by atoms with Gasteiger partial charge >= 0.3 is 0 Å². The van der Waals surface area contributed by atoms with Crippen molar-refractivity contribution in [3.05, 3.63) is 45.5 Å². The molecule has 0 fully saturated rings. The first-order chi connectivity index (χ1) is 8.56. The van der Waals surface area contributed by atoms with Crippen molar-refractivity contribution >= 4 is 29.1 Å². The molecular formula is C11H9Cl2N3O2. The van der Waals surface area contributed by atoms with Crippen molar-refractivity contribution < 1.29 is 9.32 Å². The molecule has 1 aromatic carbocycles. The Bertz CT molecular complexity index is 583. The molecule has 1 heterocycles. The van der Waals surface area contributed by atoms with E-state index >= 15 is 0 Å². The minimum atomic E-state index is -0.320. The predicted molar refractivity (Wildman–Crippen MR) is 66.7 cm³/mol. The maximum atomic E-state index is 11.8. The number of nitrogens with one attached hydrogen (secondary N) is 1. The van der Waals surface area contributed by atoms with Crippen LogP contribution in [0, 0.1) is 6.92 Å². The van der Waals surface area contributed by atoms with Gasteiger partial charge in [0.2, 0.25) is 5.89 Å². The fourth-order valence-electron chi connectivity index (χ4n) is 1.34. The quantitative estimate of drug-likeness (QED) is 0.941. The molecule has 1 aromatic heterocycles. The molecule has 0 saturated heterocycles. The van der Waals surface area contributed by atoms with Gasteiger partial charge in [0.15, 0.2) is 5.82 Å². The number of aromatic nitrogens is 2. The van der Waals surface area contributed by atoms with Crippen LogP contribution in [0.2, 0.25) is 10.0 Å². The Morgan fingerprint density at radius 3 is 2.83 bits per heavy atom. The molecule has 1 N–H and O–H groups in total. The van der Waals surface area contributed by atoms with Gasteiger partial charge in [-0.25, -0.2) is 0 Å². The van der Waals surface area contributed by atoms with E-state index in [0.29, 0.717) is 27.3 Å². The maximum absolute atomic E-state index is 11.8. The number of benzene rings is 1. The van der Waals surface area contributed by atoms with E-state index in [-0.39, 0.29) is 12.5 Å².